The van der Waals surface area contributed by atoms with Gasteiger partial charge in [-0.05, 0) is 32.1 Å². The van der Waals surface area contributed by atoms with Crippen molar-refractivity contribution in [3.63, 3.8) is 0 Å². The summed E-state index contributed by atoms with van der Waals surface area (Å²) in [6.45, 7) is 18.7. The van der Waals surface area contributed by atoms with Gasteiger partial charge in [-0.25, -0.2) is 0 Å². The molecule has 0 radical (unpaired) electrons. The van der Waals surface area contributed by atoms with Crippen LogP contribution in [0.2, 0.25) is 0 Å². The molecule has 1 aliphatic heterocycles. The number of nitrogens with one attached hydrogen (secondary N) is 1. The normalized spacial score (nSPS) is 26.5. The third-order valence-electron chi connectivity index (χ3n) is 4.37. The quantitative estimate of drug-likeness (QED) is 0.814. The molecule has 0 spiro atoms. The number of hydrogen-bond acceptors (Lipinski definition) is 2. The lowest BCUT2D eigenvalue weighted by Gasteiger charge is -2.52. The number of rotatable bonds is 3. The van der Waals surface area contributed by atoms with Crippen molar-refractivity contribution in [2.75, 3.05) is 13.1 Å². The Hall–Kier alpha value is -0.0800. The van der Waals surface area contributed by atoms with Crippen LogP contribution in [-0.2, 0) is 0 Å². The van der Waals surface area contributed by atoms with E-state index in [1.54, 1.807) is 0 Å². The van der Waals surface area contributed by atoms with Gasteiger partial charge in [0.05, 0.1) is 0 Å². The van der Waals surface area contributed by atoms with Crippen LogP contribution in [0.4, 0.5) is 0 Å². The van der Waals surface area contributed by atoms with Crippen LogP contribution < -0.4 is 5.32 Å². The molecule has 0 aromatic rings. The van der Waals surface area contributed by atoms with Crippen molar-refractivity contribution in [1.82, 2.24) is 10.2 Å². The molecule has 1 saturated heterocycles. The zero-order chi connectivity index (χ0) is 13.3. The van der Waals surface area contributed by atoms with Gasteiger partial charge in [-0.1, -0.05) is 34.6 Å². The number of piperazine rings is 1. The van der Waals surface area contributed by atoms with E-state index >= 15 is 0 Å². The summed E-state index contributed by atoms with van der Waals surface area (Å²) in [4.78, 5) is 2.74. The second kappa shape index (κ2) is 5.27. The molecule has 17 heavy (non-hydrogen) atoms. The Bertz CT molecular complexity index is 236. The molecule has 0 aromatic carbocycles. The van der Waals surface area contributed by atoms with Crippen LogP contribution >= 0.6 is 0 Å². The fourth-order valence-corrected chi connectivity index (χ4v) is 2.94. The van der Waals surface area contributed by atoms with Crippen LogP contribution in [0.1, 0.15) is 61.3 Å². The third-order valence-corrected chi connectivity index (χ3v) is 4.37. The van der Waals surface area contributed by atoms with Gasteiger partial charge in [-0.3, -0.25) is 4.90 Å². The minimum absolute atomic E-state index is 0.290. The number of hydrogen-bond donors (Lipinski definition) is 1. The molecule has 0 aromatic heterocycles. The maximum absolute atomic E-state index is 3.74. The predicted octanol–water partition coefficient (Wildman–Crippen LogP) is 3.27. The van der Waals surface area contributed by atoms with Crippen LogP contribution in [0.25, 0.3) is 0 Å². The van der Waals surface area contributed by atoms with Crippen LogP contribution in [0.5, 0.6) is 0 Å². The highest BCUT2D eigenvalue weighted by Gasteiger charge is 2.40. The fraction of sp³-hybridized carbons (Fsp3) is 1.00. The third kappa shape index (κ3) is 3.45. The van der Waals surface area contributed by atoms with Crippen molar-refractivity contribution >= 4 is 0 Å². The summed E-state index contributed by atoms with van der Waals surface area (Å²) < 4.78 is 0. The summed E-state index contributed by atoms with van der Waals surface area (Å²) in [7, 11) is 0. The Kier molecular flexibility index (Phi) is 4.65. The van der Waals surface area contributed by atoms with Crippen LogP contribution in [0.3, 0.4) is 0 Å². The summed E-state index contributed by atoms with van der Waals surface area (Å²) >= 11 is 0. The second-order valence-corrected chi connectivity index (χ2v) is 7.23. The van der Waals surface area contributed by atoms with E-state index in [2.05, 4.69) is 58.7 Å². The van der Waals surface area contributed by atoms with Gasteiger partial charge < -0.3 is 5.32 Å². The molecule has 1 unspecified atom stereocenters. The van der Waals surface area contributed by atoms with Crippen LogP contribution in [-0.4, -0.2) is 35.6 Å². The van der Waals surface area contributed by atoms with Crippen molar-refractivity contribution in [2.45, 2.75) is 78.9 Å². The molecule has 2 nitrogen and oxygen atoms in total. The van der Waals surface area contributed by atoms with Gasteiger partial charge in [0.2, 0.25) is 0 Å². The van der Waals surface area contributed by atoms with E-state index in [0.29, 0.717) is 17.0 Å². The minimum Gasteiger partial charge on any atom is -0.310 e. The van der Waals surface area contributed by atoms with Crippen LogP contribution in [0, 0.1) is 5.41 Å². The molecule has 1 heterocycles. The van der Waals surface area contributed by atoms with Crippen LogP contribution in [0.15, 0.2) is 0 Å². The highest BCUT2D eigenvalue weighted by Crippen LogP contribution is 2.30. The number of nitrogens with zero attached hydrogens (tertiary/aromatic N) is 1. The molecule has 0 amide bonds. The largest absolute Gasteiger partial charge is 0.310 e. The van der Waals surface area contributed by atoms with Crippen molar-refractivity contribution < 1.29 is 0 Å². The molecule has 1 fully saturated rings. The molecular formula is C15H32N2. The SMILES string of the molecule is CCC(CC)N1CC(C(C)(C)C)NCC1(C)C. The Morgan fingerprint density at radius 3 is 2.18 bits per heavy atom. The van der Waals surface area contributed by atoms with E-state index in [-0.39, 0.29) is 0 Å². The van der Waals surface area contributed by atoms with Gasteiger partial charge in [0.15, 0.2) is 0 Å². The monoisotopic (exact) mass is 240 g/mol. The molecule has 0 saturated carbocycles. The van der Waals surface area contributed by atoms with Gasteiger partial charge >= 0.3 is 0 Å². The van der Waals surface area contributed by atoms with E-state index in [1.807, 2.05) is 0 Å². The van der Waals surface area contributed by atoms with E-state index in [9.17, 15) is 0 Å². The van der Waals surface area contributed by atoms with Gasteiger partial charge in [0.25, 0.3) is 0 Å². The zero-order valence-electron chi connectivity index (χ0n) is 12.9. The summed E-state index contributed by atoms with van der Waals surface area (Å²) in [5, 5.41) is 3.74. The first-order chi connectivity index (χ1) is 7.72. The lowest BCUT2D eigenvalue weighted by Crippen LogP contribution is -2.66. The van der Waals surface area contributed by atoms with Gasteiger partial charge in [0, 0.05) is 30.7 Å². The van der Waals surface area contributed by atoms with Crippen molar-refractivity contribution in [2.24, 2.45) is 5.41 Å². The Labute approximate surface area is 108 Å². The molecule has 1 aliphatic rings. The second-order valence-electron chi connectivity index (χ2n) is 7.23. The van der Waals surface area contributed by atoms with Gasteiger partial charge in [-0.15, -0.1) is 0 Å². The first-order valence-corrected chi connectivity index (χ1v) is 7.22. The molecular weight excluding hydrogens is 208 g/mol. The van der Waals surface area contributed by atoms with E-state index in [1.165, 1.54) is 19.4 Å². The first-order valence-electron chi connectivity index (χ1n) is 7.22. The zero-order valence-corrected chi connectivity index (χ0v) is 12.9. The van der Waals surface area contributed by atoms with Gasteiger partial charge in [0.1, 0.15) is 0 Å². The summed E-state index contributed by atoms with van der Waals surface area (Å²) in [5.41, 5.74) is 0.638. The molecule has 0 aliphatic carbocycles. The Morgan fingerprint density at radius 2 is 1.76 bits per heavy atom. The smallest absolute Gasteiger partial charge is 0.0281 e. The molecule has 0 bridgehead atoms. The topological polar surface area (TPSA) is 15.3 Å². The average Bonchev–Trinajstić information content (AvgIpc) is 2.20. The molecule has 102 valence electrons. The summed E-state index contributed by atoms with van der Waals surface area (Å²) in [6.07, 6.45) is 2.52. The van der Waals surface area contributed by atoms with Crippen molar-refractivity contribution in [3.05, 3.63) is 0 Å². The van der Waals surface area contributed by atoms with Crippen molar-refractivity contribution in [1.29, 1.82) is 0 Å². The average molecular weight is 240 g/mol. The predicted molar refractivity (Wildman–Crippen MR) is 76.4 cm³/mol. The fourth-order valence-electron chi connectivity index (χ4n) is 2.94. The molecule has 1 N–H and O–H groups in total. The lowest BCUT2D eigenvalue weighted by atomic mass is 9.82. The standard InChI is InChI=1S/C15H32N2/c1-8-12(9-2)17-10-13(14(3,4)5)16-11-15(17,6)7/h12-13,16H,8-11H2,1-7H3. The Morgan fingerprint density at radius 1 is 1.24 bits per heavy atom. The van der Waals surface area contributed by atoms with Crippen molar-refractivity contribution in [3.8, 4) is 0 Å². The van der Waals surface area contributed by atoms with Gasteiger partial charge in [-0.2, -0.15) is 0 Å². The Balaban J connectivity index is 2.82. The maximum atomic E-state index is 3.74. The van der Waals surface area contributed by atoms with E-state index in [0.717, 1.165) is 12.6 Å². The van der Waals surface area contributed by atoms with E-state index in [4.69, 9.17) is 0 Å². The molecule has 2 heteroatoms. The first kappa shape index (κ1) is 15.0. The maximum Gasteiger partial charge on any atom is 0.0281 e. The minimum atomic E-state index is 0.290. The summed E-state index contributed by atoms with van der Waals surface area (Å²) in [6, 6.07) is 1.34. The highest BCUT2D eigenvalue weighted by molar-refractivity contribution is 4.98. The lowest BCUT2D eigenvalue weighted by molar-refractivity contribution is -0.000700. The van der Waals surface area contributed by atoms with E-state index < -0.39 is 0 Å². The molecule has 1 rings (SSSR count). The highest BCUT2D eigenvalue weighted by atomic mass is 15.3. The summed E-state index contributed by atoms with van der Waals surface area (Å²) in [5.74, 6) is 0. The molecule has 1 atom stereocenters.